The fraction of sp³-hybridized carbons (Fsp3) is 0.0690. The van der Waals surface area contributed by atoms with Crippen LogP contribution in [0.1, 0.15) is 47.2 Å². The number of para-hydroxylation sites is 6. The summed E-state index contributed by atoms with van der Waals surface area (Å²) in [5.41, 5.74) is 20.0. The minimum absolute atomic E-state index is 0.182. The average Bonchev–Trinajstić information content (AvgIpc) is 3.92. The van der Waals surface area contributed by atoms with E-state index < -0.39 is 5.41 Å². The summed E-state index contributed by atoms with van der Waals surface area (Å²) in [4.78, 5) is 4.90. The smallest absolute Gasteiger partial charge is 0.159 e. The molecule has 0 N–H and O–H groups in total. The maximum Gasteiger partial charge on any atom is 0.159 e. The number of anilines is 6. The first-order valence-electron chi connectivity index (χ1n) is 21.5. The molecule has 0 amide bonds. The Kier molecular flexibility index (Phi) is 6.53. The first-order valence-corrected chi connectivity index (χ1v) is 21.5. The Balaban J connectivity index is 1.09. The van der Waals surface area contributed by atoms with Crippen molar-refractivity contribution in [3.05, 3.63) is 228 Å². The van der Waals surface area contributed by atoms with Crippen molar-refractivity contribution in [1.82, 2.24) is 0 Å². The zero-order valence-electron chi connectivity index (χ0n) is 34.2. The Morgan fingerprint density at radius 2 is 1.08 bits per heavy atom. The van der Waals surface area contributed by atoms with E-state index in [0.29, 0.717) is 0 Å². The van der Waals surface area contributed by atoms with E-state index >= 15 is 0 Å². The fourth-order valence-electron chi connectivity index (χ4n) is 11.7. The summed E-state index contributed by atoms with van der Waals surface area (Å²) in [7, 11) is 0. The average molecular weight is 795 g/mol. The first-order chi connectivity index (χ1) is 30.5. The molecule has 62 heavy (non-hydrogen) atoms. The largest absolute Gasteiger partial charge is 0.454 e. The van der Waals surface area contributed by atoms with E-state index in [-0.39, 0.29) is 5.41 Å². The van der Waals surface area contributed by atoms with Crippen molar-refractivity contribution in [2.45, 2.75) is 24.7 Å². The van der Waals surface area contributed by atoms with Crippen molar-refractivity contribution in [3.8, 4) is 33.8 Å². The highest BCUT2D eigenvalue weighted by Crippen LogP contribution is 2.68. The van der Waals surface area contributed by atoms with Gasteiger partial charge in [0.15, 0.2) is 17.1 Å². The zero-order valence-corrected chi connectivity index (χ0v) is 34.2. The maximum atomic E-state index is 6.89. The van der Waals surface area contributed by atoms with Gasteiger partial charge in [-0.15, -0.1) is 0 Å². The highest BCUT2D eigenvalue weighted by molar-refractivity contribution is 6.12. The number of benzene rings is 9. The second-order valence-corrected chi connectivity index (χ2v) is 17.6. The molecule has 292 valence electrons. The molecule has 2 aliphatic carbocycles. The summed E-state index contributed by atoms with van der Waals surface area (Å²) >= 11 is 0. The van der Waals surface area contributed by atoms with Crippen LogP contribution >= 0.6 is 0 Å². The van der Waals surface area contributed by atoms with Gasteiger partial charge in [-0.2, -0.15) is 0 Å². The molecule has 4 aliphatic rings. The third-order valence-electron chi connectivity index (χ3n) is 14.2. The highest BCUT2D eigenvalue weighted by atomic mass is 16.5. The Hall–Kier alpha value is -7.82. The summed E-state index contributed by atoms with van der Waals surface area (Å²) in [5, 5.41) is 2.21. The maximum absolute atomic E-state index is 6.89. The number of hydrogen-bond donors (Lipinski definition) is 0. The predicted octanol–water partition coefficient (Wildman–Crippen LogP) is 15.6. The van der Waals surface area contributed by atoms with Crippen LogP contribution in [0.2, 0.25) is 0 Å². The van der Waals surface area contributed by atoms with Crippen LogP contribution in [0.5, 0.6) is 11.5 Å². The molecule has 0 bridgehead atoms. The standard InChI is InChI=1S/C58H38N2O2/c1-57(2)41-20-6-3-16-36(41)37-33-32-35(34-46(37)57)59(50-28-13-19-39-38-17-5-11-29-51(38)62-56(39)50)49-27-14-23-44-54(49)40-18-4-7-21-42(40)58(44)43-22-8-9-25-47(43)60-48-26-10-12-30-52(48)61-53-31-15-24-45(58)55(53)60/h3-34H,1-2H3. The predicted molar refractivity (Wildman–Crippen MR) is 252 cm³/mol. The van der Waals surface area contributed by atoms with E-state index in [1.807, 2.05) is 0 Å². The SMILES string of the molecule is CC1(C)c2ccccc2-c2ccc(N(c3cccc4c3-c3ccccc3C43c4ccccc4N4c5ccccc5Oc5cccc3c54)c3cccc4c3oc3ccccc34)cc21. The van der Waals surface area contributed by atoms with Gasteiger partial charge in [0.05, 0.1) is 33.9 Å². The van der Waals surface area contributed by atoms with E-state index in [0.717, 1.165) is 67.6 Å². The molecule has 2 aliphatic heterocycles. The lowest BCUT2D eigenvalue weighted by Crippen LogP contribution is -2.37. The third-order valence-corrected chi connectivity index (χ3v) is 14.2. The molecule has 14 rings (SSSR count). The number of rotatable bonds is 3. The van der Waals surface area contributed by atoms with Gasteiger partial charge in [-0.25, -0.2) is 0 Å². The summed E-state index contributed by atoms with van der Waals surface area (Å²) in [6.07, 6.45) is 0. The lowest BCUT2D eigenvalue weighted by molar-refractivity contribution is 0.473. The van der Waals surface area contributed by atoms with Crippen LogP contribution in [-0.4, -0.2) is 0 Å². The Morgan fingerprint density at radius 3 is 1.98 bits per heavy atom. The van der Waals surface area contributed by atoms with Gasteiger partial charge in [-0.3, -0.25) is 0 Å². The molecule has 0 saturated heterocycles. The van der Waals surface area contributed by atoms with Gasteiger partial charge in [-0.1, -0.05) is 153 Å². The lowest BCUT2D eigenvalue weighted by Gasteiger charge is -2.47. The van der Waals surface area contributed by atoms with Crippen molar-refractivity contribution in [1.29, 1.82) is 0 Å². The molecule has 10 aromatic rings. The fourth-order valence-corrected chi connectivity index (χ4v) is 11.7. The lowest BCUT2D eigenvalue weighted by atomic mass is 9.64. The molecule has 4 nitrogen and oxygen atoms in total. The first kappa shape index (κ1) is 34.0. The number of ether oxygens (including phenoxy) is 1. The van der Waals surface area contributed by atoms with Gasteiger partial charge >= 0.3 is 0 Å². The second kappa shape index (κ2) is 11.9. The van der Waals surface area contributed by atoms with Gasteiger partial charge in [0.2, 0.25) is 0 Å². The van der Waals surface area contributed by atoms with Crippen molar-refractivity contribution in [3.63, 3.8) is 0 Å². The van der Waals surface area contributed by atoms with Crippen LogP contribution in [0.3, 0.4) is 0 Å². The van der Waals surface area contributed by atoms with Crippen molar-refractivity contribution >= 4 is 56.1 Å². The third kappa shape index (κ3) is 4.12. The van der Waals surface area contributed by atoms with Gasteiger partial charge in [0.25, 0.3) is 0 Å². The molecule has 1 atom stereocenters. The molecule has 0 saturated carbocycles. The molecule has 0 radical (unpaired) electrons. The molecule has 1 aromatic heterocycles. The van der Waals surface area contributed by atoms with Crippen LogP contribution in [-0.2, 0) is 10.8 Å². The molecule has 4 heteroatoms. The Labute approximate surface area is 359 Å². The van der Waals surface area contributed by atoms with Gasteiger partial charge in [0, 0.05) is 27.4 Å². The van der Waals surface area contributed by atoms with Crippen molar-refractivity contribution in [2.24, 2.45) is 0 Å². The minimum atomic E-state index is -0.644. The van der Waals surface area contributed by atoms with Crippen LogP contribution in [0.25, 0.3) is 44.2 Å². The molecule has 3 heterocycles. The Bertz CT molecular complexity index is 3580. The van der Waals surface area contributed by atoms with E-state index in [2.05, 4.69) is 218 Å². The zero-order chi connectivity index (χ0) is 40.9. The van der Waals surface area contributed by atoms with Gasteiger partial charge < -0.3 is 19.0 Å². The molecule has 0 fully saturated rings. The quantitative estimate of drug-likeness (QED) is 0.178. The molecule has 1 spiro atoms. The summed E-state index contributed by atoms with van der Waals surface area (Å²) in [6.45, 7) is 4.72. The summed E-state index contributed by atoms with van der Waals surface area (Å²) < 4.78 is 13.7. The van der Waals surface area contributed by atoms with Gasteiger partial charge in [0.1, 0.15) is 5.58 Å². The second-order valence-electron chi connectivity index (χ2n) is 17.6. The topological polar surface area (TPSA) is 28.9 Å². The van der Waals surface area contributed by atoms with E-state index in [1.54, 1.807) is 0 Å². The molecule has 9 aromatic carbocycles. The van der Waals surface area contributed by atoms with Crippen molar-refractivity contribution < 1.29 is 9.15 Å². The molecule has 1 unspecified atom stereocenters. The van der Waals surface area contributed by atoms with E-state index in [4.69, 9.17) is 9.15 Å². The monoisotopic (exact) mass is 794 g/mol. The number of furan rings is 1. The Morgan fingerprint density at radius 1 is 0.452 bits per heavy atom. The number of hydrogen-bond acceptors (Lipinski definition) is 4. The minimum Gasteiger partial charge on any atom is -0.454 e. The summed E-state index contributed by atoms with van der Waals surface area (Å²) in [5.74, 6) is 1.71. The van der Waals surface area contributed by atoms with Crippen molar-refractivity contribution in [2.75, 3.05) is 9.80 Å². The summed E-state index contributed by atoms with van der Waals surface area (Å²) in [6, 6.07) is 70.9. The number of fused-ring (bicyclic) bond motifs is 17. The van der Waals surface area contributed by atoms with E-state index in [1.165, 1.54) is 55.6 Å². The number of nitrogens with zero attached hydrogens (tertiary/aromatic N) is 2. The van der Waals surface area contributed by atoms with Gasteiger partial charge in [-0.05, 0) is 105 Å². The normalized spacial score (nSPS) is 16.5. The molecular weight excluding hydrogens is 757 g/mol. The highest BCUT2D eigenvalue weighted by Gasteiger charge is 2.54. The van der Waals surface area contributed by atoms with Crippen LogP contribution in [0.15, 0.2) is 199 Å². The van der Waals surface area contributed by atoms with Crippen LogP contribution in [0, 0.1) is 0 Å². The molecular formula is C58H38N2O2. The van der Waals surface area contributed by atoms with Crippen LogP contribution < -0.4 is 14.5 Å². The van der Waals surface area contributed by atoms with E-state index in [9.17, 15) is 0 Å². The van der Waals surface area contributed by atoms with Crippen LogP contribution in [0.4, 0.5) is 34.1 Å².